The van der Waals surface area contributed by atoms with Crippen LogP contribution >= 0.6 is 11.6 Å². The molecule has 18 heavy (non-hydrogen) atoms. The second-order valence-electron chi connectivity index (χ2n) is 4.73. The van der Waals surface area contributed by atoms with E-state index in [1.165, 1.54) is 12.1 Å². The SMILES string of the molecule is CC(C)CNCCCCOc1ccc(F)c(Cl)c1. The Hall–Kier alpha value is -0.800. The zero-order valence-electron chi connectivity index (χ0n) is 11.0. The zero-order valence-corrected chi connectivity index (χ0v) is 11.8. The minimum atomic E-state index is -0.415. The van der Waals surface area contributed by atoms with Gasteiger partial charge in [-0.05, 0) is 44.0 Å². The number of halogens is 2. The van der Waals surface area contributed by atoms with Crippen LogP contribution in [0, 0.1) is 11.7 Å². The van der Waals surface area contributed by atoms with Gasteiger partial charge in [0.1, 0.15) is 11.6 Å². The molecule has 0 fully saturated rings. The van der Waals surface area contributed by atoms with Crippen LogP contribution in [0.3, 0.4) is 0 Å². The molecule has 0 atom stereocenters. The van der Waals surface area contributed by atoms with E-state index >= 15 is 0 Å². The lowest BCUT2D eigenvalue weighted by molar-refractivity contribution is 0.305. The summed E-state index contributed by atoms with van der Waals surface area (Å²) < 4.78 is 18.4. The Morgan fingerprint density at radius 3 is 2.78 bits per heavy atom. The molecule has 4 heteroatoms. The first-order valence-electron chi connectivity index (χ1n) is 6.38. The number of nitrogens with one attached hydrogen (secondary N) is 1. The molecule has 0 unspecified atom stereocenters. The highest BCUT2D eigenvalue weighted by Gasteiger charge is 2.01. The van der Waals surface area contributed by atoms with Gasteiger partial charge in [-0.3, -0.25) is 0 Å². The molecule has 102 valence electrons. The van der Waals surface area contributed by atoms with Gasteiger partial charge in [0.05, 0.1) is 11.6 Å². The smallest absolute Gasteiger partial charge is 0.142 e. The van der Waals surface area contributed by atoms with E-state index in [9.17, 15) is 4.39 Å². The van der Waals surface area contributed by atoms with Crippen LogP contribution in [0.4, 0.5) is 4.39 Å². The third-order valence-electron chi connectivity index (χ3n) is 2.46. The van der Waals surface area contributed by atoms with E-state index in [-0.39, 0.29) is 5.02 Å². The molecule has 0 saturated carbocycles. The van der Waals surface area contributed by atoms with Crippen LogP contribution in [-0.4, -0.2) is 19.7 Å². The van der Waals surface area contributed by atoms with Crippen LogP contribution < -0.4 is 10.1 Å². The topological polar surface area (TPSA) is 21.3 Å². The van der Waals surface area contributed by atoms with E-state index in [0.717, 1.165) is 25.9 Å². The minimum Gasteiger partial charge on any atom is -0.494 e. The van der Waals surface area contributed by atoms with Crippen molar-refractivity contribution >= 4 is 11.6 Å². The molecular formula is C14H21ClFNO. The van der Waals surface area contributed by atoms with E-state index < -0.39 is 5.82 Å². The van der Waals surface area contributed by atoms with Crippen molar-refractivity contribution in [3.63, 3.8) is 0 Å². The average Bonchev–Trinajstić information content (AvgIpc) is 2.32. The molecule has 0 radical (unpaired) electrons. The van der Waals surface area contributed by atoms with Gasteiger partial charge < -0.3 is 10.1 Å². The van der Waals surface area contributed by atoms with Crippen LogP contribution in [0.2, 0.25) is 5.02 Å². The first-order valence-corrected chi connectivity index (χ1v) is 6.76. The van der Waals surface area contributed by atoms with Gasteiger partial charge >= 0.3 is 0 Å². The van der Waals surface area contributed by atoms with E-state index in [4.69, 9.17) is 16.3 Å². The quantitative estimate of drug-likeness (QED) is 0.726. The Kier molecular flexibility index (Phi) is 7.06. The summed E-state index contributed by atoms with van der Waals surface area (Å²) in [6.07, 6.45) is 2.04. The summed E-state index contributed by atoms with van der Waals surface area (Å²) in [7, 11) is 0. The van der Waals surface area contributed by atoms with E-state index in [1.807, 2.05) is 0 Å². The van der Waals surface area contributed by atoms with Gasteiger partial charge in [0.2, 0.25) is 0 Å². The van der Waals surface area contributed by atoms with Gasteiger partial charge in [-0.1, -0.05) is 25.4 Å². The Balaban J connectivity index is 2.09. The standard InChI is InChI=1S/C14H21ClFNO/c1-11(2)10-17-7-3-4-8-18-12-5-6-14(16)13(15)9-12/h5-6,9,11,17H,3-4,7-8,10H2,1-2H3. The molecule has 0 aliphatic heterocycles. The van der Waals surface area contributed by atoms with Crippen molar-refractivity contribution in [2.75, 3.05) is 19.7 Å². The molecule has 1 aromatic rings. The maximum atomic E-state index is 12.9. The molecule has 1 aromatic carbocycles. The maximum absolute atomic E-state index is 12.9. The van der Waals surface area contributed by atoms with E-state index in [0.29, 0.717) is 18.3 Å². The summed E-state index contributed by atoms with van der Waals surface area (Å²) in [6, 6.07) is 4.42. The molecule has 0 aliphatic rings. The Morgan fingerprint density at radius 1 is 1.33 bits per heavy atom. The van der Waals surface area contributed by atoms with Crippen molar-refractivity contribution in [1.29, 1.82) is 0 Å². The highest BCUT2D eigenvalue weighted by atomic mass is 35.5. The monoisotopic (exact) mass is 273 g/mol. The summed E-state index contributed by atoms with van der Waals surface area (Å²) in [6.45, 7) is 7.06. The number of hydrogen-bond donors (Lipinski definition) is 1. The van der Waals surface area contributed by atoms with Gasteiger partial charge in [0, 0.05) is 6.07 Å². The van der Waals surface area contributed by atoms with Crippen LogP contribution in [0.5, 0.6) is 5.75 Å². The Morgan fingerprint density at radius 2 is 2.11 bits per heavy atom. The molecule has 0 aliphatic carbocycles. The minimum absolute atomic E-state index is 0.103. The van der Waals surface area contributed by atoms with Crippen LogP contribution in [0.15, 0.2) is 18.2 Å². The summed E-state index contributed by atoms with van der Waals surface area (Å²) in [5.74, 6) is 0.890. The lowest BCUT2D eigenvalue weighted by Gasteiger charge is -2.08. The van der Waals surface area contributed by atoms with Crippen molar-refractivity contribution in [2.24, 2.45) is 5.92 Å². The average molecular weight is 274 g/mol. The molecule has 0 saturated heterocycles. The number of hydrogen-bond acceptors (Lipinski definition) is 2. The molecule has 2 nitrogen and oxygen atoms in total. The van der Waals surface area contributed by atoms with E-state index in [1.54, 1.807) is 6.07 Å². The second-order valence-corrected chi connectivity index (χ2v) is 5.14. The number of unbranched alkanes of at least 4 members (excludes halogenated alkanes) is 1. The fourth-order valence-electron chi connectivity index (χ4n) is 1.50. The third kappa shape index (κ3) is 6.22. The lowest BCUT2D eigenvalue weighted by Crippen LogP contribution is -2.21. The molecule has 0 heterocycles. The first-order chi connectivity index (χ1) is 8.59. The van der Waals surface area contributed by atoms with Gasteiger partial charge in [-0.15, -0.1) is 0 Å². The molecule has 0 amide bonds. The highest BCUT2D eigenvalue weighted by molar-refractivity contribution is 6.30. The number of benzene rings is 1. The summed E-state index contributed by atoms with van der Waals surface area (Å²) in [4.78, 5) is 0. The third-order valence-corrected chi connectivity index (χ3v) is 2.75. The maximum Gasteiger partial charge on any atom is 0.142 e. The van der Waals surface area contributed by atoms with Crippen molar-refractivity contribution in [3.05, 3.63) is 29.0 Å². The van der Waals surface area contributed by atoms with Crippen molar-refractivity contribution < 1.29 is 9.13 Å². The molecule has 0 bridgehead atoms. The second kappa shape index (κ2) is 8.33. The van der Waals surface area contributed by atoms with E-state index in [2.05, 4.69) is 19.2 Å². The van der Waals surface area contributed by atoms with Crippen LogP contribution in [0.25, 0.3) is 0 Å². The molecule has 0 aromatic heterocycles. The van der Waals surface area contributed by atoms with Crippen molar-refractivity contribution in [2.45, 2.75) is 26.7 Å². The lowest BCUT2D eigenvalue weighted by atomic mass is 10.2. The fourth-order valence-corrected chi connectivity index (χ4v) is 1.67. The van der Waals surface area contributed by atoms with Crippen LogP contribution in [0.1, 0.15) is 26.7 Å². The largest absolute Gasteiger partial charge is 0.494 e. The predicted molar refractivity (Wildman–Crippen MR) is 73.8 cm³/mol. The van der Waals surface area contributed by atoms with Gasteiger partial charge in [0.25, 0.3) is 0 Å². The Bertz CT molecular complexity index is 358. The first kappa shape index (κ1) is 15.3. The predicted octanol–water partition coefficient (Wildman–Crippen LogP) is 3.88. The molecule has 0 spiro atoms. The van der Waals surface area contributed by atoms with Crippen molar-refractivity contribution in [3.8, 4) is 5.75 Å². The van der Waals surface area contributed by atoms with Gasteiger partial charge in [-0.25, -0.2) is 4.39 Å². The van der Waals surface area contributed by atoms with Gasteiger partial charge in [-0.2, -0.15) is 0 Å². The molecular weight excluding hydrogens is 253 g/mol. The number of rotatable bonds is 8. The van der Waals surface area contributed by atoms with Crippen molar-refractivity contribution in [1.82, 2.24) is 5.32 Å². The summed E-state index contributed by atoms with van der Waals surface area (Å²) in [5.41, 5.74) is 0. The van der Waals surface area contributed by atoms with Gasteiger partial charge in [0.15, 0.2) is 0 Å². The number of ether oxygens (including phenoxy) is 1. The summed E-state index contributed by atoms with van der Waals surface area (Å²) in [5, 5.41) is 3.48. The fraction of sp³-hybridized carbons (Fsp3) is 0.571. The molecule has 1 N–H and O–H groups in total. The highest BCUT2D eigenvalue weighted by Crippen LogP contribution is 2.21. The summed E-state index contributed by atoms with van der Waals surface area (Å²) >= 11 is 5.66. The normalized spacial score (nSPS) is 10.9. The zero-order chi connectivity index (χ0) is 13.4. The Labute approximate surface area is 113 Å². The molecule has 1 rings (SSSR count). The van der Waals surface area contributed by atoms with Crippen LogP contribution in [-0.2, 0) is 0 Å².